The lowest BCUT2D eigenvalue weighted by molar-refractivity contribution is -0.0665. The molecule has 0 spiro atoms. The Bertz CT molecular complexity index is 1770. The highest BCUT2D eigenvalue weighted by atomic mass is 15.3. The standard InChI is InChI=1S/C70H118N2/c1-11-43-24-30-53-57-34-28-49(41-65(57)69(7,8)61(53)36-43)72(50-29-35-58-54-31-25-44(12-2)37-62(54)70(9,10)66(58)42-50)46-19-17-18-45(38-46)71(47-26-32-55-51-20-13-15-22-59(51)67(3,4)63(55)39-47)48-27-33-56-52-21-14-16-23-60(52)68(5,6)64(56)40-48/h43-66H,11-42H2,1-10H3. The SMILES string of the molecule is CCC1CCC2C3CCC(N(C4CCCC(N(C5CCC6C7CCCCC7C(C)(C)C6C5)C5CCC6C7CCCCC7C(C)(C)C6C5)C4)C4CCC5C6CCC(CC)CC6C(C)(C)C5C4)CC3C(C)(C)C2C1. The van der Waals surface area contributed by atoms with Crippen molar-refractivity contribution in [2.75, 3.05) is 0 Å². The highest BCUT2D eigenvalue weighted by molar-refractivity contribution is 5.14. The van der Waals surface area contributed by atoms with E-state index in [0.29, 0.717) is 21.7 Å². The molecule has 0 aromatic carbocycles. The monoisotopic (exact) mass is 987 g/mol. The summed E-state index contributed by atoms with van der Waals surface area (Å²) >= 11 is 0. The van der Waals surface area contributed by atoms with Gasteiger partial charge in [0.1, 0.15) is 0 Å². The lowest BCUT2D eigenvalue weighted by atomic mass is 9.64. The molecule has 0 heterocycles. The van der Waals surface area contributed by atoms with E-state index in [0.717, 1.165) is 143 Å². The van der Waals surface area contributed by atoms with Gasteiger partial charge in [0.2, 0.25) is 0 Å². The van der Waals surface area contributed by atoms with Gasteiger partial charge in [-0.1, -0.05) is 127 Å². The van der Waals surface area contributed by atoms with Crippen molar-refractivity contribution in [1.82, 2.24) is 9.80 Å². The Kier molecular flexibility index (Phi) is 13.8. The van der Waals surface area contributed by atoms with Gasteiger partial charge in [-0.15, -0.1) is 0 Å². The van der Waals surface area contributed by atoms with E-state index in [9.17, 15) is 0 Å². The van der Waals surface area contributed by atoms with Crippen LogP contribution in [0.5, 0.6) is 0 Å². The van der Waals surface area contributed by atoms with Crippen molar-refractivity contribution in [3.63, 3.8) is 0 Å². The van der Waals surface area contributed by atoms with Crippen LogP contribution in [0.15, 0.2) is 0 Å². The van der Waals surface area contributed by atoms with Gasteiger partial charge in [-0.25, -0.2) is 0 Å². The van der Waals surface area contributed by atoms with Gasteiger partial charge in [-0.3, -0.25) is 9.80 Å². The molecule has 13 fully saturated rings. The molecule has 0 radical (unpaired) electrons. The lowest BCUT2D eigenvalue weighted by Crippen LogP contribution is -2.60. The molecule has 2 heteroatoms. The van der Waals surface area contributed by atoms with Crippen LogP contribution >= 0.6 is 0 Å². The molecule has 13 aliphatic rings. The van der Waals surface area contributed by atoms with Crippen LogP contribution in [0.25, 0.3) is 0 Å². The second kappa shape index (κ2) is 19.3. The normalized spacial score (nSPS) is 52.8. The quantitative estimate of drug-likeness (QED) is 0.239. The minimum atomic E-state index is 0.519. The highest BCUT2D eigenvalue weighted by Gasteiger charge is 2.63. The average molecular weight is 988 g/mol. The van der Waals surface area contributed by atoms with Gasteiger partial charge in [0, 0.05) is 36.3 Å². The molecule has 13 aliphatic carbocycles. The predicted octanol–water partition coefficient (Wildman–Crippen LogP) is 18.7. The Morgan fingerprint density at radius 3 is 0.847 bits per heavy atom. The number of hydrogen-bond acceptors (Lipinski definition) is 2. The molecule has 0 N–H and O–H groups in total. The van der Waals surface area contributed by atoms with Gasteiger partial charge in [0.25, 0.3) is 0 Å². The highest BCUT2D eigenvalue weighted by Crippen LogP contribution is 2.69. The first-order valence-corrected chi connectivity index (χ1v) is 34.2. The van der Waals surface area contributed by atoms with Gasteiger partial charge >= 0.3 is 0 Å². The van der Waals surface area contributed by atoms with Gasteiger partial charge in [0.15, 0.2) is 0 Å². The molecule has 24 atom stereocenters. The summed E-state index contributed by atoms with van der Waals surface area (Å²) in [6.45, 7) is 27.6. The largest absolute Gasteiger partial charge is 0.294 e. The van der Waals surface area contributed by atoms with Crippen LogP contribution < -0.4 is 0 Å². The summed E-state index contributed by atoms with van der Waals surface area (Å²) in [6.07, 6.45) is 49.1. The van der Waals surface area contributed by atoms with Gasteiger partial charge < -0.3 is 0 Å². The second-order valence-corrected chi connectivity index (χ2v) is 33.4. The maximum atomic E-state index is 3.56. The Morgan fingerprint density at radius 1 is 0.250 bits per heavy atom. The van der Waals surface area contributed by atoms with Crippen molar-refractivity contribution in [2.45, 2.75) is 311 Å². The zero-order valence-corrected chi connectivity index (χ0v) is 49.4. The summed E-state index contributed by atoms with van der Waals surface area (Å²) in [5.74, 6) is 18.1. The van der Waals surface area contributed by atoms with Crippen LogP contribution in [0.1, 0.15) is 275 Å². The fourth-order valence-electron chi connectivity index (χ4n) is 27.0. The van der Waals surface area contributed by atoms with E-state index in [2.05, 4.69) is 79.0 Å². The maximum Gasteiger partial charge on any atom is 0.0116 e. The van der Waals surface area contributed by atoms with E-state index < -0.39 is 0 Å². The van der Waals surface area contributed by atoms with Crippen LogP contribution in [0.2, 0.25) is 0 Å². The number of rotatable bonds is 8. The number of fused-ring (bicyclic) bond motifs is 12. The van der Waals surface area contributed by atoms with Gasteiger partial charge in [0.05, 0.1) is 0 Å². The molecule has 2 nitrogen and oxygen atoms in total. The topological polar surface area (TPSA) is 6.48 Å². The molecule has 13 saturated carbocycles. The van der Waals surface area contributed by atoms with E-state index in [1.807, 2.05) is 0 Å². The zero-order valence-electron chi connectivity index (χ0n) is 49.4. The predicted molar refractivity (Wildman–Crippen MR) is 303 cm³/mol. The van der Waals surface area contributed by atoms with E-state index in [1.165, 1.54) is 103 Å². The summed E-state index contributed by atoms with van der Waals surface area (Å²) in [5, 5.41) is 0. The van der Waals surface area contributed by atoms with Crippen LogP contribution in [-0.4, -0.2) is 46.1 Å². The van der Waals surface area contributed by atoms with E-state index >= 15 is 0 Å². The summed E-state index contributed by atoms with van der Waals surface area (Å²) in [5.41, 5.74) is 2.11. The molecule has 72 heavy (non-hydrogen) atoms. The number of hydrogen-bond donors (Lipinski definition) is 0. The van der Waals surface area contributed by atoms with E-state index in [1.54, 1.807) is 103 Å². The maximum absolute atomic E-state index is 3.56. The first-order valence-electron chi connectivity index (χ1n) is 34.2. The average Bonchev–Trinajstić information content (AvgIpc) is 3.95. The molecule has 0 amide bonds. The van der Waals surface area contributed by atoms with Gasteiger partial charge in [-0.05, 0) is 276 Å². The summed E-state index contributed by atoms with van der Waals surface area (Å²) in [4.78, 5) is 7.10. The molecule has 408 valence electrons. The third-order valence-corrected chi connectivity index (χ3v) is 30.3. The third kappa shape index (κ3) is 8.15. The molecule has 0 aromatic heterocycles. The van der Waals surface area contributed by atoms with Crippen molar-refractivity contribution < 1.29 is 0 Å². The fourth-order valence-corrected chi connectivity index (χ4v) is 27.0. The van der Waals surface area contributed by atoms with Crippen molar-refractivity contribution in [1.29, 1.82) is 0 Å². The first-order chi connectivity index (χ1) is 34.6. The molecule has 0 bridgehead atoms. The van der Waals surface area contributed by atoms with Crippen LogP contribution in [-0.2, 0) is 0 Å². The van der Waals surface area contributed by atoms with Crippen molar-refractivity contribution >= 4 is 0 Å². The Morgan fingerprint density at radius 2 is 0.514 bits per heavy atom. The summed E-state index contributed by atoms with van der Waals surface area (Å²) in [6, 6.07) is 4.97. The molecule has 0 aliphatic heterocycles. The second-order valence-electron chi connectivity index (χ2n) is 33.4. The molecule has 13 rings (SSSR count). The summed E-state index contributed by atoms with van der Waals surface area (Å²) in [7, 11) is 0. The van der Waals surface area contributed by atoms with Crippen molar-refractivity contribution in [3.8, 4) is 0 Å². The Balaban J connectivity index is 0.825. The van der Waals surface area contributed by atoms with Crippen LogP contribution in [0.4, 0.5) is 0 Å². The minimum Gasteiger partial charge on any atom is -0.294 e. The smallest absolute Gasteiger partial charge is 0.0116 e. The number of nitrogens with zero attached hydrogens (tertiary/aromatic N) is 2. The Labute approximate surface area is 446 Å². The van der Waals surface area contributed by atoms with Crippen LogP contribution in [0.3, 0.4) is 0 Å². The molecule has 24 unspecified atom stereocenters. The van der Waals surface area contributed by atoms with Crippen molar-refractivity contribution in [2.24, 2.45) is 128 Å². The molecular weight excluding hydrogens is 869 g/mol. The summed E-state index contributed by atoms with van der Waals surface area (Å²) < 4.78 is 0. The van der Waals surface area contributed by atoms with Crippen molar-refractivity contribution in [3.05, 3.63) is 0 Å². The van der Waals surface area contributed by atoms with E-state index in [4.69, 9.17) is 0 Å². The Hall–Kier alpha value is -0.0800. The zero-order chi connectivity index (χ0) is 49.6. The van der Waals surface area contributed by atoms with E-state index in [-0.39, 0.29) is 0 Å². The fraction of sp³-hybridized carbons (Fsp3) is 1.00. The minimum absolute atomic E-state index is 0.519. The lowest BCUT2D eigenvalue weighted by Gasteiger charge is -2.56. The third-order valence-electron chi connectivity index (χ3n) is 30.3. The van der Waals surface area contributed by atoms with Crippen LogP contribution in [0, 0.1) is 128 Å². The first kappa shape index (κ1) is 51.4. The van der Waals surface area contributed by atoms with Gasteiger partial charge in [-0.2, -0.15) is 0 Å². The molecular formula is C70H118N2. The molecule has 0 aromatic rings. The molecule has 0 saturated heterocycles.